The molecule has 1 amide bonds. The van der Waals surface area contributed by atoms with Gasteiger partial charge in [-0.25, -0.2) is 15.0 Å². The Labute approximate surface area is 179 Å². The van der Waals surface area contributed by atoms with E-state index in [9.17, 15) is 4.79 Å². The van der Waals surface area contributed by atoms with Crippen LogP contribution in [0.2, 0.25) is 5.02 Å². The van der Waals surface area contributed by atoms with Gasteiger partial charge in [-0.2, -0.15) is 0 Å². The molecule has 5 rings (SSSR count). The molecule has 0 bridgehead atoms. The molecule has 156 valence electrons. The number of halogens is 1. The van der Waals surface area contributed by atoms with E-state index in [1.165, 1.54) is 0 Å². The molecule has 0 aliphatic carbocycles. The zero-order chi connectivity index (χ0) is 20.7. The number of fused-ring (bicyclic) bond motifs is 2. The van der Waals surface area contributed by atoms with E-state index in [2.05, 4.69) is 30.2 Å². The van der Waals surface area contributed by atoms with Crippen LogP contribution in [-0.4, -0.2) is 63.0 Å². The van der Waals surface area contributed by atoms with E-state index in [1.807, 2.05) is 30.0 Å². The largest absolute Gasteiger partial charge is 0.376 e. The van der Waals surface area contributed by atoms with Crippen molar-refractivity contribution in [3.8, 4) is 0 Å². The molecular formula is C21H24ClN7O. The molecule has 2 aliphatic heterocycles. The van der Waals surface area contributed by atoms with Gasteiger partial charge in [0.15, 0.2) is 11.5 Å². The number of aromatic nitrogens is 4. The normalized spacial score (nSPS) is 21.1. The van der Waals surface area contributed by atoms with Gasteiger partial charge >= 0.3 is 0 Å². The molecule has 2 N–H and O–H groups in total. The zero-order valence-electron chi connectivity index (χ0n) is 16.8. The predicted molar refractivity (Wildman–Crippen MR) is 117 cm³/mol. The van der Waals surface area contributed by atoms with Gasteiger partial charge in [0.05, 0.1) is 18.9 Å². The lowest BCUT2D eigenvalue weighted by molar-refractivity contribution is -0.130. The molecule has 3 aromatic rings. The summed E-state index contributed by atoms with van der Waals surface area (Å²) in [7, 11) is 0. The number of piperidine rings is 1. The maximum atomic E-state index is 12.9. The third kappa shape index (κ3) is 3.56. The highest BCUT2D eigenvalue weighted by Crippen LogP contribution is 2.36. The number of aryl methyl sites for hydroxylation is 1. The number of hydrogen-bond acceptors (Lipinski definition) is 6. The summed E-state index contributed by atoms with van der Waals surface area (Å²) in [4.78, 5) is 33.4. The fraction of sp³-hybridized carbons (Fsp3) is 0.429. The third-order valence-corrected chi connectivity index (χ3v) is 6.39. The number of H-pyrrole nitrogens is 1. The maximum absolute atomic E-state index is 12.9. The predicted octanol–water partition coefficient (Wildman–Crippen LogP) is 2.85. The van der Waals surface area contributed by atoms with Gasteiger partial charge in [0.1, 0.15) is 11.8 Å². The number of rotatable bonds is 4. The first-order valence-electron chi connectivity index (χ1n) is 10.3. The molecule has 2 fully saturated rings. The fourth-order valence-electron chi connectivity index (χ4n) is 4.73. The molecule has 2 saturated heterocycles. The summed E-state index contributed by atoms with van der Waals surface area (Å²) in [5, 5.41) is 3.89. The summed E-state index contributed by atoms with van der Waals surface area (Å²) in [6.45, 7) is 4.69. The molecule has 2 atom stereocenters. The monoisotopic (exact) mass is 425 g/mol. The first-order valence-corrected chi connectivity index (χ1v) is 10.7. The summed E-state index contributed by atoms with van der Waals surface area (Å²) in [5.74, 6) is 1.56. The maximum Gasteiger partial charge on any atom is 0.241 e. The van der Waals surface area contributed by atoms with Crippen molar-refractivity contribution in [3.63, 3.8) is 0 Å². The number of imidazole rings is 1. The first-order chi connectivity index (χ1) is 14.6. The Morgan fingerprint density at radius 1 is 1.23 bits per heavy atom. The van der Waals surface area contributed by atoms with E-state index in [-0.39, 0.29) is 18.5 Å². The van der Waals surface area contributed by atoms with Crippen molar-refractivity contribution in [1.82, 2.24) is 24.8 Å². The van der Waals surface area contributed by atoms with Gasteiger partial charge in [-0.3, -0.25) is 4.79 Å². The molecule has 0 radical (unpaired) electrons. The smallest absolute Gasteiger partial charge is 0.241 e. The highest BCUT2D eigenvalue weighted by molar-refractivity contribution is 6.30. The molecule has 9 heteroatoms. The van der Waals surface area contributed by atoms with Gasteiger partial charge < -0.3 is 20.1 Å². The van der Waals surface area contributed by atoms with Crippen molar-refractivity contribution in [2.24, 2.45) is 5.92 Å². The second-order valence-corrected chi connectivity index (χ2v) is 8.54. The van der Waals surface area contributed by atoms with Gasteiger partial charge in [-0.05, 0) is 49.4 Å². The van der Waals surface area contributed by atoms with Crippen molar-refractivity contribution in [1.29, 1.82) is 0 Å². The number of likely N-dealkylation sites (tertiary alicyclic amines) is 1. The van der Waals surface area contributed by atoms with Gasteiger partial charge in [-0.15, -0.1) is 0 Å². The minimum Gasteiger partial charge on any atom is -0.376 e. The van der Waals surface area contributed by atoms with Crippen LogP contribution in [0.15, 0.2) is 30.9 Å². The standard InChI is InChI=1S/C21H24ClN7O/c1-13-6-15(22)8-16(7-13)23-9-18(30)28-4-2-14-3-5-29(17(14)10-28)21-19-20(25-11-24-19)26-12-27-21/h6-8,11-12,14,17,23H,2-5,9-10H2,1H3,(H,24,25,26,27). The first kappa shape index (κ1) is 19.1. The Balaban J connectivity index is 1.28. The quantitative estimate of drug-likeness (QED) is 0.668. The van der Waals surface area contributed by atoms with E-state index in [0.29, 0.717) is 23.1 Å². The van der Waals surface area contributed by atoms with Gasteiger partial charge in [0.25, 0.3) is 0 Å². The Morgan fingerprint density at radius 3 is 2.97 bits per heavy atom. The van der Waals surface area contributed by atoms with E-state index in [0.717, 1.165) is 48.5 Å². The molecule has 0 spiro atoms. The number of aromatic amines is 1. The number of benzene rings is 1. The van der Waals surface area contributed by atoms with Crippen LogP contribution in [-0.2, 0) is 4.79 Å². The third-order valence-electron chi connectivity index (χ3n) is 6.18. The van der Waals surface area contributed by atoms with Crippen LogP contribution in [0.25, 0.3) is 11.2 Å². The van der Waals surface area contributed by atoms with Crippen LogP contribution in [0.4, 0.5) is 11.5 Å². The Hall–Kier alpha value is -2.87. The van der Waals surface area contributed by atoms with E-state index in [1.54, 1.807) is 12.7 Å². The number of amides is 1. The molecule has 1 aromatic carbocycles. The summed E-state index contributed by atoms with van der Waals surface area (Å²) >= 11 is 6.12. The molecule has 2 unspecified atom stereocenters. The van der Waals surface area contributed by atoms with E-state index >= 15 is 0 Å². The van der Waals surface area contributed by atoms with Crippen LogP contribution in [0, 0.1) is 12.8 Å². The Kier molecular flexibility index (Phi) is 4.94. The number of hydrogen-bond donors (Lipinski definition) is 2. The number of anilines is 2. The summed E-state index contributed by atoms with van der Waals surface area (Å²) in [6.07, 6.45) is 5.34. The van der Waals surface area contributed by atoms with Gasteiger partial charge in [0.2, 0.25) is 5.91 Å². The topological polar surface area (TPSA) is 90.0 Å². The minimum atomic E-state index is 0.104. The van der Waals surface area contributed by atoms with Gasteiger partial charge in [0, 0.05) is 30.3 Å². The fourth-order valence-corrected chi connectivity index (χ4v) is 5.02. The lowest BCUT2D eigenvalue weighted by atomic mass is 9.92. The van der Waals surface area contributed by atoms with Crippen LogP contribution >= 0.6 is 11.6 Å². The second kappa shape index (κ2) is 7.75. The molecule has 2 aromatic heterocycles. The lowest BCUT2D eigenvalue weighted by Gasteiger charge is -2.39. The Bertz CT molecular complexity index is 1060. The van der Waals surface area contributed by atoms with Crippen LogP contribution in [0.3, 0.4) is 0 Å². The average molecular weight is 426 g/mol. The highest BCUT2D eigenvalue weighted by Gasteiger charge is 2.40. The number of carbonyl (C=O) groups is 1. The lowest BCUT2D eigenvalue weighted by Crippen LogP contribution is -2.51. The summed E-state index contributed by atoms with van der Waals surface area (Å²) in [5.41, 5.74) is 3.47. The zero-order valence-corrected chi connectivity index (χ0v) is 17.6. The van der Waals surface area contributed by atoms with Gasteiger partial charge in [-0.1, -0.05) is 11.6 Å². The molecular weight excluding hydrogens is 402 g/mol. The van der Waals surface area contributed by atoms with Crippen LogP contribution in [0.5, 0.6) is 0 Å². The molecule has 30 heavy (non-hydrogen) atoms. The minimum absolute atomic E-state index is 0.104. The van der Waals surface area contributed by atoms with Crippen LogP contribution < -0.4 is 10.2 Å². The van der Waals surface area contributed by atoms with Crippen molar-refractivity contribution >= 4 is 40.2 Å². The molecule has 8 nitrogen and oxygen atoms in total. The van der Waals surface area contributed by atoms with E-state index in [4.69, 9.17) is 11.6 Å². The SMILES string of the molecule is Cc1cc(Cl)cc(NCC(=O)N2CCC3CCN(c4ncnc5nc[nH]c45)C3C2)c1. The molecule has 4 heterocycles. The number of nitrogens with zero attached hydrogens (tertiary/aromatic N) is 5. The Morgan fingerprint density at radius 2 is 2.10 bits per heavy atom. The highest BCUT2D eigenvalue weighted by atomic mass is 35.5. The molecule has 2 aliphatic rings. The molecule has 0 saturated carbocycles. The number of carbonyl (C=O) groups excluding carboxylic acids is 1. The van der Waals surface area contributed by atoms with Crippen molar-refractivity contribution < 1.29 is 4.79 Å². The van der Waals surface area contributed by atoms with E-state index < -0.39 is 0 Å². The second-order valence-electron chi connectivity index (χ2n) is 8.11. The van der Waals surface area contributed by atoms with Crippen LogP contribution in [0.1, 0.15) is 18.4 Å². The van der Waals surface area contributed by atoms with Crippen molar-refractivity contribution in [2.45, 2.75) is 25.8 Å². The summed E-state index contributed by atoms with van der Waals surface area (Å²) < 4.78 is 0. The summed E-state index contributed by atoms with van der Waals surface area (Å²) in [6, 6.07) is 6.00. The van der Waals surface area contributed by atoms with Crippen molar-refractivity contribution in [3.05, 3.63) is 41.4 Å². The van der Waals surface area contributed by atoms with Crippen molar-refractivity contribution in [2.75, 3.05) is 36.4 Å². The average Bonchev–Trinajstić information content (AvgIpc) is 3.37. The number of nitrogens with one attached hydrogen (secondary N) is 2.